The molecule has 0 spiro atoms. The van der Waals surface area contributed by atoms with Gasteiger partial charge < -0.3 is 4.74 Å². The van der Waals surface area contributed by atoms with Gasteiger partial charge in [0.05, 0.1) is 12.3 Å². The standard InChI is InChI=1S/C11H9ClO3/c12-9-3-1-7(2-4-9)11(14)8-5-10(13)15-6-8/h1-4,8H,5-6H2/t8-/m1/s1. The second-order valence-electron chi connectivity index (χ2n) is 3.46. The Morgan fingerprint density at radius 3 is 2.53 bits per heavy atom. The van der Waals surface area contributed by atoms with Crippen molar-refractivity contribution in [1.29, 1.82) is 0 Å². The van der Waals surface area contributed by atoms with E-state index in [0.29, 0.717) is 10.6 Å². The van der Waals surface area contributed by atoms with Crippen LogP contribution in [0.25, 0.3) is 0 Å². The zero-order valence-electron chi connectivity index (χ0n) is 7.90. The number of cyclic esters (lactones) is 1. The van der Waals surface area contributed by atoms with Crippen molar-refractivity contribution in [2.75, 3.05) is 6.61 Å². The summed E-state index contributed by atoms with van der Waals surface area (Å²) in [7, 11) is 0. The largest absolute Gasteiger partial charge is 0.465 e. The average Bonchev–Trinajstić information content (AvgIpc) is 2.65. The molecule has 0 unspecified atom stereocenters. The predicted octanol–water partition coefficient (Wildman–Crippen LogP) is 2.09. The normalized spacial score (nSPS) is 20.1. The topological polar surface area (TPSA) is 43.4 Å². The van der Waals surface area contributed by atoms with Gasteiger partial charge in [-0.25, -0.2) is 0 Å². The van der Waals surface area contributed by atoms with E-state index >= 15 is 0 Å². The van der Waals surface area contributed by atoms with Gasteiger partial charge in [-0.2, -0.15) is 0 Å². The molecule has 0 aliphatic carbocycles. The van der Waals surface area contributed by atoms with Crippen LogP contribution < -0.4 is 0 Å². The van der Waals surface area contributed by atoms with E-state index < -0.39 is 0 Å². The zero-order chi connectivity index (χ0) is 10.8. The van der Waals surface area contributed by atoms with Crippen LogP contribution in [0.1, 0.15) is 16.8 Å². The van der Waals surface area contributed by atoms with Crippen molar-refractivity contribution in [3.8, 4) is 0 Å². The third-order valence-electron chi connectivity index (χ3n) is 2.36. The SMILES string of the molecule is O=C1C[C@@H](C(=O)c2ccc(Cl)cc2)CO1. The van der Waals surface area contributed by atoms with Crippen molar-refractivity contribution in [2.45, 2.75) is 6.42 Å². The summed E-state index contributed by atoms with van der Waals surface area (Å²) in [6.07, 6.45) is 0.182. The second kappa shape index (κ2) is 4.03. The fourth-order valence-corrected chi connectivity index (χ4v) is 1.66. The lowest BCUT2D eigenvalue weighted by Crippen LogP contribution is -2.14. The van der Waals surface area contributed by atoms with Crippen molar-refractivity contribution in [2.24, 2.45) is 5.92 Å². The highest BCUT2D eigenvalue weighted by Gasteiger charge is 2.30. The van der Waals surface area contributed by atoms with Gasteiger partial charge in [0.1, 0.15) is 6.61 Å². The first kappa shape index (κ1) is 10.2. The molecule has 78 valence electrons. The Hall–Kier alpha value is -1.35. The molecule has 0 bridgehead atoms. The molecule has 1 aliphatic heterocycles. The van der Waals surface area contributed by atoms with E-state index in [-0.39, 0.29) is 30.7 Å². The number of benzene rings is 1. The van der Waals surface area contributed by atoms with Crippen molar-refractivity contribution in [1.82, 2.24) is 0 Å². The number of rotatable bonds is 2. The number of Topliss-reactive ketones (excluding diaryl/α,β-unsaturated/α-hetero) is 1. The zero-order valence-corrected chi connectivity index (χ0v) is 8.66. The van der Waals surface area contributed by atoms with Gasteiger partial charge in [-0.05, 0) is 24.3 Å². The maximum absolute atomic E-state index is 11.8. The van der Waals surface area contributed by atoms with E-state index in [2.05, 4.69) is 0 Å². The summed E-state index contributed by atoms with van der Waals surface area (Å²) in [5, 5.41) is 0.588. The fraction of sp³-hybridized carbons (Fsp3) is 0.273. The third kappa shape index (κ3) is 2.18. The molecule has 1 saturated heterocycles. The summed E-state index contributed by atoms with van der Waals surface area (Å²) in [6, 6.07) is 6.64. The Labute approximate surface area is 92.0 Å². The van der Waals surface area contributed by atoms with Crippen molar-refractivity contribution >= 4 is 23.4 Å². The van der Waals surface area contributed by atoms with Gasteiger partial charge in [0, 0.05) is 10.6 Å². The molecule has 2 rings (SSSR count). The maximum Gasteiger partial charge on any atom is 0.306 e. The third-order valence-corrected chi connectivity index (χ3v) is 2.61. The van der Waals surface area contributed by atoms with Crippen LogP contribution in [0.5, 0.6) is 0 Å². The van der Waals surface area contributed by atoms with Crippen molar-refractivity contribution < 1.29 is 14.3 Å². The molecular formula is C11H9ClO3. The molecule has 3 nitrogen and oxygen atoms in total. The molecule has 1 aliphatic rings. The first-order valence-corrected chi connectivity index (χ1v) is 5.00. The Bertz CT molecular complexity index is 397. The van der Waals surface area contributed by atoms with Gasteiger partial charge in [0.2, 0.25) is 0 Å². The highest BCUT2D eigenvalue weighted by atomic mass is 35.5. The van der Waals surface area contributed by atoms with E-state index in [1.165, 1.54) is 0 Å². The molecule has 1 atom stereocenters. The van der Waals surface area contributed by atoms with Gasteiger partial charge in [0.25, 0.3) is 0 Å². The van der Waals surface area contributed by atoms with Crippen LogP contribution in [0.4, 0.5) is 0 Å². The van der Waals surface area contributed by atoms with Gasteiger partial charge in [-0.1, -0.05) is 11.6 Å². The molecule has 0 N–H and O–H groups in total. The minimum Gasteiger partial charge on any atom is -0.465 e. The molecule has 0 saturated carbocycles. The van der Waals surface area contributed by atoms with Crippen LogP contribution in [0, 0.1) is 5.92 Å². The summed E-state index contributed by atoms with van der Waals surface area (Å²) in [4.78, 5) is 22.7. The van der Waals surface area contributed by atoms with E-state index in [9.17, 15) is 9.59 Å². The van der Waals surface area contributed by atoms with Crippen LogP contribution in [-0.2, 0) is 9.53 Å². The monoisotopic (exact) mass is 224 g/mol. The number of ketones is 1. The van der Waals surface area contributed by atoms with Crippen LogP contribution in [-0.4, -0.2) is 18.4 Å². The van der Waals surface area contributed by atoms with E-state index in [1.54, 1.807) is 24.3 Å². The number of esters is 1. The Balaban J connectivity index is 2.14. The lowest BCUT2D eigenvalue weighted by Gasteiger charge is -2.04. The van der Waals surface area contributed by atoms with E-state index in [0.717, 1.165) is 0 Å². The van der Waals surface area contributed by atoms with Crippen LogP contribution in [0.15, 0.2) is 24.3 Å². The van der Waals surface area contributed by atoms with Gasteiger partial charge in [-0.3, -0.25) is 9.59 Å². The van der Waals surface area contributed by atoms with E-state index in [1.807, 2.05) is 0 Å². The molecule has 0 radical (unpaired) electrons. The van der Waals surface area contributed by atoms with Crippen LogP contribution >= 0.6 is 11.6 Å². The molecule has 1 fully saturated rings. The lowest BCUT2D eigenvalue weighted by atomic mass is 9.97. The maximum atomic E-state index is 11.8. The van der Waals surface area contributed by atoms with Crippen LogP contribution in [0.3, 0.4) is 0 Å². The molecule has 4 heteroatoms. The highest BCUT2D eigenvalue weighted by Crippen LogP contribution is 2.20. The molecule has 1 aromatic rings. The van der Waals surface area contributed by atoms with Crippen LogP contribution in [0.2, 0.25) is 5.02 Å². The summed E-state index contributed by atoms with van der Waals surface area (Å²) in [5.41, 5.74) is 0.572. The number of carbonyl (C=O) groups excluding carboxylic acids is 2. The summed E-state index contributed by atoms with van der Waals surface area (Å²) >= 11 is 5.71. The lowest BCUT2D eigenvalue weighted by molar-refractivity contribution is -0.137. The smallest absolute Gasteiger partial charge is 0.306 e. The quantitative estimate of drug-likeness (QED) is 0.571. The van der Waals surface area contributed by atoms with Crippen molar-refractivity contribution in [3.63, 3.8) is 0 Å². The Kier molecular flexibility index (Phi) is 2.73. The fourth-order valence-electron chi connectivity index (χ4n) is 1.53. The van der Waals surface area contributed by atoms with Gasteiger partial charge in [-0.15, -0.1) is 0 Å². The molecule has 0 aromatic heterocycles. The minimum absolute atomic E-state index is 0.0579. The molecule has 1 aromatic carbocycles. The summed E-state index contributed by atoms with van der Waals surface area (Å²) < 4.78 is 4.75. The average molecular weight is 225 g/mol. The number of ether oxygens (including phenoxy) is 1. The van der Waals surface area contributed by atoms with Gasteiger partial charge >= 0.3 is 5.97 Å². The van der Waals surface area contributed by atoms with E-state index in [4.69, 9.17) is 16.3 Å². The molecule has 1 heterocycles. The number of hydrogen-bond donors (Lipinski definition) is 0. The van der Waals surface area contributed by atoms with Gasteiger partial charge in [0.15, 0.2) is 5.78 Å². The number of halogens is 1. The first-order chi connectivity index (χ1) is 7.16. The molecule has 15 heavy (non-hydrogen) atoms. The Morgan fingerprint density at radius 2 is 2.00 bits per heavy atom. The van der Waals surface area contributed by atoms with Crippen molar-refractivity contribution in [3.05, 3.63) is 34.9 Å². The second-order valence-corrected chi connectivity index (χ2v) is 3.89. The summed E-state index contributed by atoms with van der Waals surface area (Å²) in [6.45, 7) is 0.195. The Morgan fingerprint density at radius 1 is 1.33 bits per heavy atom. The highest BCUT2D eigenvalue weighted by molar-refractivity contribution is 6.30. The number of hydrogen-bond acceptors (Lipinski definition) is 3. The predicted molar refractivity (Wildman–Crippen MR) is 54.8 cm³/mol. The molecule has 0 amide bonds. The minimum atomic E-state index is -0.335. The number of carbonyl (C=O) groups is 2. The summed E-state index contributed by atoms with van der Waals surface area (Å²) in [5.74, 6) is -0.696. The first-order valence-electron chi connectivity index (χ1n) is 4.62. The molecular weight excluding hydrogens is 216 g/mol.